The third-order valence-electron chi connectivity index (χ3n) is 6.58. The summed E-state index contributed by atoms with van der Waals surface area (Å²) in [5.74, 6) is 0.394. The first-order valence-electron chi connectivity index (χ1n) is 10.4. The van der Waals surface area contributed by atoms with Gasteiger partial charge in [0.05, 0.1) is 0 Å². The molecule has 2 aliphatic rings. The number of carbonyl (C=O) groups is 1. The maximum atomic E-state index is 14.2. The highest BCUT2D eigenvalue weighted by Crippen LogP contribution is 2.62. The zero-order valence-electron chi connectivity index (χ0n) is 17.0. The maximum Gasteiger partial charge on any atom is 0.247 e. The van der Waals surface area contributed by atoms with Gasteiger partial charge in [0.15, 0.2) is 0 Å². The van der Waals surface area contributed by atoms with Gasteiger partial charge in [-0.1, -0.05) is 92.7 Å². The molecule has 1 unspecified atom stereocenters. The molecule has 0 N–H and O–H groups in total. The summed E-state index contributed by atoms with van der Waals surface area (Å²) in [6.45, 7) is 6.52. The molecular weight excluding hydrogens is 356 g/mol. The first kappa shape index (κ1) is 18.1. The summed E-state index contributed by atoms with van der Waals surface area (Å²) in [7, 11) is 0. The van der Waals surface area contributed by atoms with E-state index in [0.29, 0.717) is 0 Å². The second-order valence-electron chi connectivity index (χ2n) is 8.33. The molecule has 29 heavy (non-hydrogen) atoms. The molecule has 0 radical (unpaired) electrons. The Kier molecular flexibility index (Phi) is 4.11. The fourth-order valence-electron chi connectivity index (χ4n) is 5.53. The van der Waals surface area contributed by atoms with Gasteiger partial charge in [-0.15, -0.1) is 0 Å². The van der Waals surface area contributed by atoms with Crippen LogP contribution in [0, 0.1) is 5.92 Å². The van der Waals surface area contributed by atoms with Crippen LogP contribution in [-0.2, 0) is 10.2 Å². The van der Waals surface area contributed by atoms with E-state index in [1.54, 1.807) is 0 Å². The van der Waals surface area contributed by atoms with Gasteiger partial charge in [0.1, 0.15) is 11.1 Å². The van der Waals surface area contributed by atoms with Crippen molar-refractivity contribution in [1.29, 1.82) is 0 Å². The lowest BCUT2D eigenvalue weighted by Crippen LogP contribution is -2.86. The van der Waals surface area contributed by atoms with Gasteiger partial charge in [-0.3, -0.25) is 14.6 Å². The van der Waals surface area contributed by atoms with Crippen LogP contribution in [0.25, 0.3) is 0 Å². The molecule has 5 rings (SSSR count). The highest BCUT2D eigenvalue weighted by Gasteiger charge is 2.77. The molecule has 0 aliphatic carbocycles. The number of hydrogen-bond donors (Lipinski definition) is 0. The van der Waals surface area contributed by atoms with Gasteiger partial charge in [-0.2, -0.15) is 0 Å². The van der Waals surface area contributed by atoms with E-state index in [-0.39, 0.29) is 11.8 Å². The lowest BCUT2D eigenvalue weighted by Gasteiger charge is -2.68. The number of anilines is 1. The molecule has 1 amide bonds. The van der Waals surface area contributed by atoms with E-state index in [4.69, 9.17) is 0 Å². The molecule has 0 saturated carbocycles. The summed E-state index contributed by atoms with van der Waals surface area (Å²) >= 11 is 0. The summed E-state index contributed by atoms with van der Waals surface area (Å²) < 4.78 is 0. The molecule has 146 valence electrons. The Morgan fingerprint density at radius 2 is 1.17 bits per heavy atom. The summed E-state index contributed by atoms with van der Waals surface area (Å²) in [6.07, 6.45) is 0. The third kappa shape index (κ3) is 2.25. The van der Waals surface area contributed by atoms with Gasteiger partial charge >= 0.3 is 0 Å². The van der Waals surface area contributed by atoms with Crippen LogP contribution >= 0.6 is 0 Å². The standard InChI is InChI=1S/C26H26N2O/c1-20(2)26(27-18-19-27)25(21-12-6-3-7-13-21,22-14-8-4-9-15-22)24(29)28(26)23-16-10-5-11-17-23/h3-17,20H,18-19H2,1-2H3. The lowest BCUT2D eigenvalue weighted by atomic mass is 9.53. The van der Waals surface area contributed by atoms with Crippen molar-refractivity contribution in [2.24, 2.45) is 5.92 Å². The Labute approximate surface area is 172 Å². The molecule has 3 aromatic carbocycles. The fraction of sp³-hybridized carbons (Fsp3) is 0.269. The van der Waals surface area contributed by atoms with Gasteiger partial charge in [0.2, 0.25) is 5.91 Å². The number of benzene rings is 3. The summed E-state index contributed by atoms with van der Waals surface area (Å²) in [6, 6.07) is 30.9. The second kappa shape index (κ2) is 6.57. The van der Waals surface area contributed by atoms with E-state index in [9.17, 15) is 4.79 Å². The predicted molar refractivity (Wildman–Crippen MR) is 117 cm³/mol. The summed E-state index contributed by atoms with van der Waals surface area (Å²) in [4.78, 5) is 18.8. The Hall–Kier alpha value is -2.91. The van der Waals surface area contributed by atoms with Crippen LogP contribution in [0.4, 0.5) is 5.69 Å². The minimum absolute atomic E-state index is 0.154. The molecular formula is C26H26N2O. The quantitative estimate of drug-likeness (QED) is 0.472. The SMILES string of the molecule is CC(C)C1(N2CC2)N(c2ccccc2)C(=O)C1(c1ccccc1)c1ccccc1. The van der Waals surface area contributed by atoms with Crippen LogP contribution in [0.2, 0.25) is 0 Å². The normalized spacial score (nSPS) is 23.1. The van der Waals surface area contributed by atoms with Crippen molar-refractivity contribution in [3.63, 3.8) is 0 Å². The van der Waals surface area contributed by atoms with Gasteiger partial charge in [-0.05, 0) is 29.2 Å². The minimum atomic E-state index is -0.726. The molecule has 2 aliphatic heterocycles. The van der Waals surface area contributed by atoms with E-state index in [0.717, 1.165) is 29.9 Å². The van der Waals surface area contributed by atoms with E-state index in [2.05, 4.69) is 60.0 Å². The van der Waals surface area contributed by atoms with E-state index < -0.39 is 11.1 Å². The lowest BCUT2D eigenvalue weighted by molar-refractivity contribution is -0.146. The van der Waals surface area contributed by atoms with Gasteiger partial charge in [0, 0.05) is 18.8 Å². The number of amides is 1. The molecule has 3 heteroatoms. The van der Waals surface area contributed by atoms with Crippen LogP contribution in [0.3, 0.4) is 0 Å². The second-order valence-corrected chi connectivity index (χ2v) is 8.33. The fourth-order valence-corrected chi connectivity index (χ4v) is 5.53. The zero-order valence-corrected chi connectivity index (χ0v) is 17.0. The van der Waals surface area contributed by atoms with Crippen LogP contribution in [-0.4, -0.2) is 29.6 Å². The van der Waals surface area contributed by atoms with Crippen LogP contribution < -0.4 is 4.90 Å². The Bertz CT molecular complexity index is 969. The number of rotatable bonds is 5. The first-order chi connectivity index (χ1) is 14.1. The number of para-hydroxylation sites is 1. The minimum Gasteiger partial charge on any atom is -0.290 e. The maximum absolute atomic E-state index is 14.2. The number of hydrogen-bond acceptors (Lipinski definition) is 2. The molecule has 2 saturated heterocycles. The molecule has 0 spiro atoms. The predicted octanol–water partition coefficient (Wildman–Crippen LogP) is 4.69. The largest absolute Gasteiger partial charge is 0.290 e. The van der Waals surface area contributed by atoms with Crippen molar-refractivity contribution >= 4 is 11.6 Å². The number of nitrogens with zero attached hydrogens (tertiary/aromatic N) is 2. The van der Waals surface area contributed by atoms with Crippen LogP contribution in [0.5, 0.6) is 0 Å². The monoisotopic (exact) mass is 382 g/mol. The van der Waals surface area contributed by atoms with Crippen LogP contribution in [0.15, 0.2) is 91.0 Å². The molecule has 3 nitrogen and oxygen atoms in total. The first-order valence-corrected chi connectivity index (χ1v) is 10.4. The average Bonchev–Trinajstić information content (AvgIpc) is 3.59. The van der Waals surface area contributed by atoms with Gasteiger partial charge in [-0.25, -0.2) is 0 Å². The highest BCUT2D eigenvalue weighted by atomic mass is 16.2. The molecule has 3 aromatic rings. The topological polar surface area (TPSA) is 23.3 Å². The number of carbonyl (C=O) groups excluding carboxylic acids is 1. The Morgan fingerprint density at radius 1 is 0.724 bits per heavy atom. The molecule has 1 atom stereocenters. The average molecular weight is 383 g/mol. The van der Waals surface area contributed by atoms with Crippen molar-refractivity contribution in [1.82, 2.24) is 4.90 Å². The van der Waals surface area contributed by atoms with Gasteiger partial charge < -0.3 is 0 Å². The van der Waals surface area contributed by atoms with Crippen molar-refractivity contribution in [2.75, 3.05) is 18.0 Å². The Balaban J connectivity index is 1.84. The number of β-lactam (4-membered cyclic amide) rings is 1. The van der Waals surface area contributed by atoms with Crippen molar-refractivity contribution in [2.45, 2.75) is 24.9 Å². The van der Waals surface area contributed by atoms with Crippen LogP contribution in [0.1, 0.15) is 25.0 Å². The van der Waals surface area contributed by atoms with Crippen molar-refractivity contribution < 1.29 is 4.79 Å². The van der Waals surface area contributed by atoms with Crippen molar-refractivity contribution in [3.8, 4) is 0 Å². The highest BCUT2D eigenvalue weighted by molar-refractivity contribution is 6.14. The Morgan fingerprint density at radius 3 is 1.59 bits per heavy atom. The molecule has 2 fully saturated rings. The van der Waals surface area contributed by atoms with E-state index >= 15 is 0 Å². The van der Waals surface area contributed by atoms with E-state index in [1.807, 2.05) is 54.6 Å². The third-order valence-corrected chi connectivity index (χ3v) is 6.58. The van der Waals surface area contributed by atoms with Crippen molar-refractivity contribution in [3.05, 3.63) is 102 Å². The van der Waals surface area contributed by atoms with Gasteiger partial charge in [0.25, 0.3) is 0 Å². The molecule has 0 aromatic heterocycles. The van der Waals surface area contributed by atoms with E-state index in [1.165, 1.54) is 0 Å². The summed E-state index contributed by atoms with van der Waals surface area (Å²) in [5, 5.41) is 0. The summed E-state index contributed by atoms with van der Waals surface area (Å²) in [5.41, 5.74) is 1.96. The molecule has 2 heterocycles. The smallest absolute Gasteiger partial charge is 0.247 e. The zero-order chi connectivity index (χ0) is 20.1. The molecule has 0 bridgehead atoms.